The van der Waals surface area contributed by atoms with Crippen molar-refractivity contribution < 1.29 is 28.8 Å². The fourth-order valence-corrected chi connectivity index (χ4v) is 4.26. The molecule has 0 amide bonds. The molecule has 2 saturated heterocycles. The van der Waals surface area contributed by atoms with Gasteiger partial charge in [-0.05, 0) is 41.2 Å². The number of esters is 1. The molecule has 35 heavy (non-hydrogen) atoms. The number of carbonyl (C=O) groups excluding carboxylic acids is 1. The summed E-state index contributed by atoms with van der Waals surface area (Å²) in [4.78, 5) is 23.2. The predicted octanol–water partition coefficient (Wildman–Crippen LogP) is 4.95. The molecule has 0 saturated carbocycles. The van der Waals surface area contributed by atoms with Crippen LogP contribution in [0.1, 0.15) is 42.5 Å². The lowest BCUT2D eigenvalue weighted by Gasteiger charge is -2.16. The average Bonchev–Trinajstić information content (AvgIpc) is 3.47. The number of carbonyl (C=O) groups is 1. The topological polar surface area (TPSA) is 63.2 Å². The van der Waals surface area contributed by atoms with Crippen molar-refractivity contribution in [2.24, 2.45) is 0 Å². The van der Waals surface area contributed by atoms with Crippen LogP contribution < -0.4 is 0 Å². The molecule has 0 N–H and O–H groups in total. The van der Waals surface area contributed by atoms with Crippen LogP contribution in [0.4, 0.5) is 0 Å². The fourth-order valence-electron chi connectivity index (χ4n) is 4.26. The Kier molecular flexibility index (Phi) is 9.26. The van der Waals surface area contributed by atoms with Gasteiger partial charge in [0.05, 0.1) is 13.2 Å². The summed E-state index contributed by atoms with van der Waals surface area (Å²) in [6.45, 7) is 5.20. The van der Waals surface area contributed by atoms with Crippen LogP contribution in [0.3, 0.4) is 0 Å². The van der Waals surface area contributed by atoms with E-state index in [1.165, 1.54) is 17.2 Å². The standard InChI is InChI=1S/C29H34O6/c1-3-6-22-12-14-23(15-13-22)7-5-18-33-35-26-20-32-28-25(19-31-29(26)28)34-27(30)17-16-24-10-8-21(4-2)9-11-24/h5,7-17,25-26,28-29H,3-4,6,18-20H2,1-2H3/b7-5+,17-16?/t25?,26-,28+,29+/m0/s1. The predicted molar refractivity (Wildman–Crippen MR) is 135 cm³/mol. The largest absolute Gasteiger partial charge is 0.454 e. The Labute approximate surface area is 207 Å². The molecular weight excluding hydrogens is 444 g/mol. The molecule has 2 aliphatic heterocycles. The van der Waals surface area contributed by atoms with Gasteiger partial charge in [0.25, 0.3) is 0 Å². The highest BCUT2D eigenvalue weighted by Gasteiger charge is 2.50. The number of fused-ring (bicyclic) bond motifs is 1. The summed E-state index contributed by atoms with van der Waals surface area (Å²) in [5.41, 5.74) is 4.67. The van der Waals surface area contributed by atoms with Gasteiger partial charge in [-0.15, -0.1) is 0 Å². The van der Waals surface area contributed by atoms with Gasteiger partial charge < -0.3 is 14.2 Å². The van der Waals surface area contributed by atoms with Gasteiger partial charge in [-0.2, -0.15) is 0 Å². The summed E-state index contributed by atoms with van der Waals surface area (Å²) in [7, 11) is 0. The van der Waals surface area contributed by atoms with Crippen molar-refractivity contribution >= 4 is 18.1 Å². The van der Waals surface area contributed by atoms with Crippen LogP contribution in [-0.4, -0.2) is 50.2 Å². The molecule has 6 heteroatoms. The molecule has 4 rings (SSSR count). The Morgan fingerprint density at radius 1 is 0.886 bits per heavy atom. The van der Waals surface area contributed by atoms with E-state index in [9.17, 15) is 4.79 Å². The van der Waals surface area contributed by atoms with Crippen LogP contribution in [0.25, 0.3) is 12.2 Å². The van der Waals surface area contributed by atoms with E-state index in [0.29, 0.717) is 13.2 Å². The Balaban J connectivity index is 1.17. The highest BCUT2D eigenvalue weighted by atomic mass is 17.2. The lowest BCUT2D eigenvalue weighted by molar-refractivity contribution is -0.326. The first-order valence-corrected chi connectivity index (χ1v) is 12.4. The molecule has 2 aromatic rings. The van der Waals surface area contributed by atoms with Crippen molar-refractivity contribution in [1.29, 1.82) is 0 Å². The molecular formula is C29H34O6. The van der Waals surface area contributed by atoms with Crippen molar-refractivity contribution in [1.82, 2.24) is 0 Å². The number of rotatable bonds is 11. The van der Waals surface area contributed by atoms with Crippen LogP contribution in [0.15, 0.2) is 60.7 Å². The average molecular weight is 479 g/mol. The third kappa shape index (κ3) is 7.12. The molecule has 186 valence electrons. The lowest BCUT2D eigenvalue weighted by Crippen LogP contribution is -2.34. The molecule has 0 bridgehead atoms. The smallest absolute Gasteiger partial charge is 0.331 e. The first-order chi connectivity index (χ1) is 17.2. The molecule has 2 aromatic carbocycles. The molecule has 2 aliphatic rings. The van der Waals surface area contributed by atoms with Gasteiger partial charge in [-0.3, -0.25) is 0 Å². The minimum Gasteiger partial charge on any atom is -0.454 e. The molecule has 0 aromatic heterocycles. The third-order valence-electron chi connectivity index (χ3n) is 6.21. The highest BCUT2D eigenvalue weighted by molar-refractivity contribution is 5.87. The highest BCUT2D eigenvalue weighted by Crippen LogP contribution is 2.30. The van der Waals surface area contributed by atoms with E-state index in [2.05, 4.69) is 50.2 Å². The van der Waals surface area contributed by atoms with Crippen LogP contribution in [0, 0.1) is 0 Å². The maximum absolute atomic E-state index is 12.3. The van der Waals surface area contributed by atoms with Crippen LogP contribution in [0.2, 0.25) is 0 Å². The van der Waals surface area contributed by atoms with Crippen molar-refractivity contribution in [3.63, 3.8) is 0 Å². The van der Waals surface area contributed by atoms with E-state index in [1.54, 1.807) is 6.08 Å². The summed E-state index contributed by atoms with van der Waals surface area (Å²) in [5, 5.41) is 0. The summed E-state index contributed by atoms with van der Waals surface area (Å²) in [6, 6.07) is 16.6. The molecule has 0 radical (unpaired) electrons. The summed E-state index contributed by atoms with van der Waals surface area (Å²) in [5.74, 6) is -0.420. The normalized spacial score (nSPS) is 23.8. The third-order valence-corrected chi connectivity index (χ3v) is 6.21. The zero-order valence-electron chi connectivity index (χ0n) is 20.4. The second-order valence-corrected chi connectivity index (χ2v) is 8.81. The zero-order valence-corrected chi connectivity index (χ0v) is 20.4. The molecule has 4 atom stereocenters. The second kappa shape index (κ2) is 12.8. The second-order valence-electron chi connectivity index (χ2n) is 8.81. The van der Waals surface area contributed by atoms with E-state index >= 15 is 0 Å². The Morgan fingerprint density at radius 2 is 1.51 bits per heavy atom. The van der Waals surface area contributed by atoms with Gasteiger partial charge in [0.15, 0.2) is 6.10 Å². The quantitative estimate of drug-likeness (QED) is 0.150. The van der Waals surface area contributed by atoms with Crippen molar-refractivity contribution in [2.75, 3.05) is 19.8 Å². The van der Waals surface area contributed by atoms with Crippen LogP contribution in [-0.2, 0) is 41.6 Å². The minimum absolute atomic E-state index is 0.272. The number of ether oxygens (including phenoxy) is 3. The fraction of sp³-hybridized carbons (Fsp3) is 0.414. The van der Waals surface area contributed by atoms with Gasteiger partial charge >= 0.3 is 5.97 Å². The van der Waals surface area contributed by atoms with E-state index in [1.807, 2.05) is 24.3 Å². The van der Waals surface area contributed by atoms with Crippen molar-refractivity contribution in [3.05, 3.63) is 82.9 Å². The lowest BCUT2D eigenvalue weighted by atomic mass is 10.1. The van der Waals surface area contributed by atoms with Gasteiger partial charge in [-0.25, -0.2) is 14.6 Å². The first kappa shape index (κ1) is 25.3. The molecule has 2 fully saturated rings. The van der Waals surface area contributed by atoms with E-state index in [-0.39, 0.29) is 24.9 Å². The van der Waals surface area contributed by atoms with Gasteiger partial charge in [0.2, 0.25) is 0 Å². The molecule has 1 unspecified atom stereocenters. The first-order valence-electron chi connectivity index (χ1n) is 12.4. The monoisotopic (exact) mass is 478 g/mol. The Bertz CT molecular complexity index is 995. The summed E-state index contributed by atoms with van der Waals surface area (Å²) in [6.07, 6.45) is 8.80. The van der Waals surface area contributed by atoms with Gasteiger partial charge in [0, 0.05) is 6.08 Å². The van der Waals surface area contributed by atoms with Gasteiger partial charge in [0.1, 0.15) is 24.9 Å². The molecule has 2 heterocycles. The Hall–Kier alpha value is -2.77. The van der Waals surface area contributed by atoms with Crippen molar-refractivity contribution in [3.8, 4) is 0 Å². The number of aryl methyl sites for hydroxylation is 2. The Morgan fingerprint density at radius 3 is 2.20 bits per heavy atom. The summed E-state index contributed by atoms with van der Waals surface area (Å²) >= 11 is 0. The van der Waals surface area contributed by atoms with Crippen LogP contribution >= 0.6 is 0 Å². The molecule has 6 nitrogen and oxygen atoms in total. The van der Waals surface area contributed by atoms with Gasteiger partial charge in [-0.1, -0.05) is 81.0 Å². The van der Waals surface area contributed by atoms with E-state index < -0.39 is 12.1 Å². The van der Waals surface area contributed by atoms with E-state index in [4.69, 9.17) is 24.0 Å². The maximum Gasteiger partial charge on any atom is 0.331 e. The van der Waals surface area contributed by atoms with Crippen LogP contribution in [0.5, 0.6) is 0 Å². The summed E-state index contributed by atoms with van der Waals surface area (Å²) < 4.78 is 17.2. The number of hydrogen-bond donors (Lipinski definition) is 0. The number of hydrogen-bond acceptors (Lipinski definition) is 6. The van der Waals surface area contributed by atoms with E-state index in [0.717, 1.165) is 30.4 Å². The maximum atomic E-state index is 12.3. The SMILES string of the molecule is CCCc1ccc(/C=C/COO[C@H]2CO[C@@H]3C(OC(=O)C=Cc4ccc(CC)cc4)CO[C@H]23)cc1. The minimum atomic E-state index is -0.469. The molecule has 0 aliphatic carbocycles. The molecule has 0 spiro atoms. The van der Waals surface area contributed by atoms with Crippen molar-refractivity contribution in [2.45, 2.75) is 57.5 Å². The number of benzene rings is 2. The zero-order chi connectivity index (χ0) is 24.5.